The minimum absolute atomic E-state index is 0.211. The lowest BCUT2D eigenvalue weighted by molar-refractivity contribution is -0.274. The smallest absolute Gasteiger partial charge is 0.406 e. The molecule has 0 radical (unpaired) electrons. The monoisotopic (exact) mass is 512 g/mol. The van der Waals surface area contributed by atoms with Crippen LogP contribution in [-0.4, -0.2) is 26.5 Å². The molecule has 0 aromatic heterocycles. The van der Waals surface area contributed by atoms with Crippen LogP contribution in [0.2, 0.25) is 0 Å². The molecule has 1 saturated heterocycles. The lowest BCUT2D eigenvalue weighted by atomic mass is 9.73. The van der Waals surface area contributed by atoms with Gasteiger partial charge < -0.3 is 15.0 Å². The first-order valence-corrected chi connectivity index (χ1v) is 13.3. The Kier molecular flexibility index (Phi) is 20.0. The van der Waals surface area contributed by atoms with Crippen molar-refractivity contribution >= 4 is 5.69 Å². The van der Waals surface area contributed by atoms with E-state index in [0.29, 0.717) is 5.41 Å². The van der Waals surface area contributed by atoms with Gasteiger partial charge in [-0.1, -0.05) is 73.3 Å². The number of rotatable bonds is 10. The highest BCUT2D eigenvalue weighted by Crippen LogP contribution is 2.35. The first-order valence-electron chi connectivity index (χ1n) is 13.3. The minimum Gasteiger partial charge on any atom is -0.406 e. The number of anilines is 1. The van der Waals surface area contributed by atoms with Gasteiger partial charge in [0.1, 0.15) is 5.75 Å². The summed E-state index contributed by atoms with van der Waals surface area (Å²) in [5.74, 6) is 0.714. The molecule has 1 unspecified atom stereocenters. The molecule has 1 aromatic carbocycles. The molecule has 6 heteroatoms. The predicted octanol–water partition coefficient (Wildman–Crippen LogP) is 9.20. The summed E-state index contributed by atoms with van der Waals surface area (Å²) in [7, 11) is 1.86. The van der Waals surface area contributed by atoms with E-state index in [0.717, 1.165) is 23.7 Å². The third kappa shape index (κ3) is 15.8. The van der Waals surface area contributed by atoms with E-state index in [1.807, 2.05) is 31.9 Å². The van der Waals surface area contributed by atoms with Crippen molar-refractivity contribution < 1.29 is 17.9 Å². The highest BCUT2D eigenvalue weighted by Gasteiger charge is 2.35. The summed E-state index contributed by atoms with van der Waals surface area (Å²) in [6, 6.07) is 5.79. The first kappa shape index (κ1) is 36.0. The molecule has 0 amide bonds. The normalized spacial score (nSPS) is 14.9. The molecule has 1 aromatic rings. The van der Waals surface area contributed by atoms with Gasteiger partial charge in [0.15, 0.2) is 0 Å². The Labute approximate surface area is 219 Å². The topological polar surface area (TPSA) is 24.5 Å². The van der Waals surface area contributed by atoms with Gasteiger partial charge in [-0.15, -0.1) is 26.0 Å². The average molecular weight is 513 g/mol. The van der Waals surface area contributed by atoms with E-state index in [1.54, 1.807) is 12.1 Å². The van der Waals surface area contributed by atoms with Crippen molar-refractivity contribution in [1.82, 2.24) is 5.32 Å². The van der Waals surface area contributed by atoms with Gasteiger partial charge in [-0.25, -0.2) is 0 Å². The highest BCUT2D eigenvalue weighted by atomic mass is 19.4. The van der Waals surface area contributed by atoms with Gasteiger partial charge in [-0.2, -0.15) is 0 Å². The lowest BCUT2D eigenvalue weighted by Crippen LogP contribution is -2.53. The minimum atomic E-state index is -4.65. The van der Waals surface area contributed by atoms with Crippen LogP contribution >= 0.6 is 0 Å². The van der Waals surface area contributed by atoms with Gasteiger partial charge in [-0.05, 0) is 61.8 Å². The molecule has 1 aliphatic heterocycles. The molecule has 1 atom stereocenters. The highest BCUT2D eigenvalue weighted by molar-refractivity contribution is 5.52. The standard InChI is InChI=1S/C13H16F3NO.C12H25N.C3H8.C2H2/c1-4-5-10(2)17(3)11-6-8-12(9-7-11)18-13(14,15)16;1-4-7-12(9-13-10-12)8-6-11(3)5-2;1-3-2;1-2/h5-9H,4H2,1-3H3;11,13H,4-10H2,1-3H3;3H2,1-2H3;1-2H/b10-5-;;;. The van der Waals surface area contributed by atoms with Crippen molar-refractivity contribution in [2.45, 2.75) is 99.8 Å². The van der Waals surface area contributed by atoms with Crippen LogP contribution in [0.15, 0.2) is 36.0 Å². The predicted molar refractivity (Wildman–Crippen MR) is 150 cm³/mol. The molecule has 0 spiro atoms. The Hall–Kier alpha value is -2.13. The van der Waals surface area contributed by atoms with Crippen molar-refractivity contribution in [3.8, 4) is 18.6 Å². The molecule has 1 heterocycles. The fraction of sp³-hybridized carbons (Fsp3) is 0.667. The molecule has 1 aliphatic rings. The maximum atomic E-state index is 12.0. The second-order valence-electron chi connectivity index (χ2n) is 9.47. The number of benzene rings is 1. The Morgan fingerprint density at radius 2 is 1.61 bits per heavy atom. The van der Waals surface area contributed by atoms with Crippen molar-refractivity contribution in [3.63, 3.8) is 0 Å². The zero-order chi connectivity index (χ0) is 28.2. The Morgan fingerprint density at radius 1 is 1.08 bits per heavy atom. The van der Waals surface area contributed by atoms with E-state index in [9.17, 15) is 13.2 Å². The SMILES string of the molecule is C#C.CC/C=C(/C)N(C)c1ccc(OC(F)(F)F)cc1.CCC.CCCC1(CCC(C)CC)CNC1. The number of ether oxygens (including phenoxy) is 1. The number of nitrogens with one attached hydrogen (secondary N) is 1. The molecule has 0 aliphatic carbocycles. The van der Waals surface area contributed by atoms with Crippen LogP contribution < -0.4 is 15.0 Å². The maximum Gasteiger partial charge on any atom is 0.573 e. The summed E-state index contributed by atoms with van der Waals surface area (Å²) in [5.41, 5.74) is 2.55. The van der Waals surface area contributed by atoms with Crippen LogP contribution in [-0.2, 0) is 0 Å². The maximum absolute atomic E-state index is 12.0. The number of allylic oxidation sites excluding steroid dienone is 2. The van der Waals surface area contributed by atoms with E-state index < -0.39 is 6.36 Å². The Bertz CT molecular complexity index is 707. The van der Waals surface area contributed by atoms with E-state index in [-0.39, 0.29) is 5.75 Å². The van der Waals surface area contributed by atoms with E-state index in [4.69, 9.17) is 0 Å². The Morgan fingerprint density at radius 3 is 1.97 bits per heavy atom. The molecular weight excluding hydrogens is 461 g/mol. The van der Waals surface area contributed by atoms with Gasteiger partial charge in [0.25, 0.3) is 0 Å². The van der Waals surface area contributed by atoms with Crippen molar-refractivity contribution in [2.75, 3.05) is 25.0 Å². The van der Waals surface area contributed by atoms with E-state index >= 15 is 0 Å². The third-order valence-electron chi connectivity index (χ3n) is 6.13. The molecule has 208 valence electrons. The third-order valence-corrected chi connectivity index (χ3v) is 6.13. The molecule has 1 fully saturated rings. The molecule has 0 bridgehead atoms. The number of hydrogen-bond donors (Lipinski definition) is 1. The molecule has 1 N–H and O–H groups in total. The van der Waals surface area contributed by atoms with Crippen LogP contribution in [0.4, 0.5) is 18.9 Å². The molecule has 2 rings (SSSR count). The van der Waals surface area contributed by atoms with Crippen LogP contribution in [0.5, 0.6) is 5.75 Å². The molecule has 36 heavy (non-hydrogen) atoms. The number of alkyl halides is 3. The van der Waals surface area contributed by atoms with Crippen LogP contribution in [0.25, 0.3) is 0 Å². The molecule has 3 nitrogen and oxygen atoms in total. The number of hydrogen-bond acceptors (Lipinski definition) is 3. The summed E-state index contributed by atoms with van der Waals surface area (Å²) in [6.07, 6.45) is 14.5. The van der Waals surface area contributed by atoms with Crippen molar-refractivity contribution in [3.05, 3.63) is 36.0 Å². The summed E-state index contributed by atoms with van der Waals surface area (Å²) in [4.78, 5) is 1.90. The number of nitrogens with zero attached hydrogens (tertiary/aromatic N) is 1. The summed E-state index contributed by atoms with van der Waals surface area (Å²) < 4.78 is 39.8. The second-order valence-corrected chi connectivity index (χ2v) is 9.47. The van der Waals surface area contributed by atoms with Gasteiger partial charge >= 0.3 is 6.36 Å². The lowest BCUT2D eigenvalue weighted by Gasteiger charge is -2.43. The summed E-state index contributed by atoms with van der Waals surface area (Å²) >= 11 is 0. The van der Waals surface area contributed by atoms with Crippen molar-refractivity contribution in [2.24, 2.45) is 11.3 Å². The average Bonchev–Trinajstić information content (AvgIpc) is 2.82. The van der Waals surface area contributed by atoms with Gasteiger partial charge in [-0.3, -0.25) is 0 Å². The summed E-state index contributed by atoms with van der Waals surface area (Å²) in [5, 5.41) is 3.43. The zero-order valence-corrected chi connectivity index (χ0v) is 24.0. The van der Waals surface area contributed by atoms with Gasteiger partial charge in [0, 0.05) is 31.5 Å². The van der Waals surface area contributed by atoms with Crippen LogP contribution in [0.1, 0.15) is 93.4 Å². The fourth-order valence-corrected chi connectivity index (χ4v) is 3.75. The number of terminal acetylenes is 1. The fourth-order valence-electron chi connectivity index (χ4n) is 3.75. The van der Waals surface area contributed by atoms with Crippen molar-refractivity contribution in [1.29, 1.82) is 0 Å². The molecule has 0 saturated carbocycles. The first-order chi connectivity index (χ1) is 17.0. The van der Waals surface area contributed by atoms with Gasteiger partial charge in [0.05, 0.1) is 0 Å². The molecular formula is C30H51F3N2O. The van der Waals surface area contributed by atoms with E-state index in [2.05, 4.69) is 57.5 Å². The van der Waals surface area contributed by atoms with Crippen LogP contribution in [0.3, 0.4) is 0 Å². The zero-order valence-electron chi connectivity index (χ0n) is 24.0. The number of halogens is 3. The Balaban J connectivity index is 0. The largest absolute Gasteiger partial charge is 0.573 e. The second kappa shape index (κ2) is 20.0. The quantitative estimate of drug-likeness (QED) is 0.316. The summed E-state index contributed by atoms with van der Waals surface area (Å²) in [6.45, 7) is 17.8. The van der Waals surface area contributed by atoms with E-state index in [1.165, 1.54) is 63.7 Å². The van der Waals surface area contributed by atoms with Crippen LogP contribution in [0, 0.1) is 24.2 Å². The van der Waals surface area contributed by atoms with Gasteiger partial charge in [0.2, 0.25) is 0 Å².